The number of aromatic nitrogens is 5. The Labute approximate surface area is 97.1 Å². The molecule has 0 aliphatic heterocycles. The number of benzene rings is 1. The molecule has 0 saturated carbocycles. The summed E-state index contributed by atoms with van der Waals surface area (Å²) in [7, 11) is 0. The van der Waals surface area contributed by atoms with Gasteiger partial charge in [-0.05, 0) is 12.1 Å². The molecule has 2 N–H and O–H groups in total. The largest absolute Gasteiger partial charge is 0.326 e. The summed E-state index contributed by atoms with van der Waals surface area (Å²) in [6.45, 7) is 0.429. The van der Waals surface area contributed by atoms with Gasteiger partial charge in [0.1, 0.15) is 5.52 Å². The SMILES string of the molecule is NCc1cnc(-n2nnc3ccccc32)nc1. The fourth-order valence-electron chi connectivity index (χ4n) is 1.58. The molecular formula is C11H10N6. The average Bonchev–Trinajstić information content (AvgIpc) is 2.83. The Morgan fingerprint density at radius 3 is 2.65 bits per heavy atom. The molecule has 0 aliphatic rings. The number of rotatable bonds is 2. The molecule has 0 spiro atoms. The molecule has 0 saturated heterocycles. The third-order valence-corrected chi connectivity index (χ3v) is 2.47. The predicted molar refractivity (Wildman–Crippen MR) is 62.3 cm³/mol. The van der Waals surface area contributed by atoms with Crippen LogP contribution in [0.15, 0.2) is 36.7 Å². The van der Waals surface area contributed by atoms with Crippen molar-refractivity contribution in [2.45, 2.75) is 6.54 Å². The molecular weight excluding hydrogens is 216 g/mol. The third-order valence-electron chi connectivity index (χ3n) is 2.47. The lowest BCUT2D eigenvalue weighted by Gasteiger charge is -2.00. The number of nitrogens with two attached hydrogens (primary N) is 1. The van der Waals surface area contributed by atoms with E-state index in [0.717, 1.165) is 16.6 Å². The second kappa shape index (κ2) is 3.91. The van der Waals surface area contributed by atoms with E-state index in [1.807, 2.05) is 24.3 Å². The van der Waals surface area contributed by atoms with Crippen LogP contribution in [0, 0.1) is 0 Å². The van der Waals surface area contributed by atoms with Crippen LogP contribution < -0.4 is 5.73 Å². The highest BCUT2D eigenvalue weighted by molar-refractivity contribution is 5.75. The maximum Gasteiger partial charge on any atom is 0.252 e. The molecule has 6 nitrogen and oxygen atoms in total. The molecule has 0 aliphatic carbocycles. The summed E-state index contributed by atoms with van der Waals surface area (Å²) in [5.74, 6) is 0.496. The Balaban J connectivity index is 2.13. The van der Waals surface area contributed by atoms with Gasteiger partial charge in [-0.3, -0.25) is 0 Å². The minimum Gasteiger partial charge on any atom is -0.326 e. The van der Waals surface area contributed by atoms with E-state index in [1.165, 1.54) is 0 Å². The first-order valence-corrected chi connectivity index (χ1v) is 5.20. The Bertz CT molecular complexity index is 642. The Morgan fingerprint density at radius 2 is 1.88 bits per heavy atom. The van der Waals surface area contributed by atoms with Crippen LogP contribution in [-0.4, -0.2) is 25.0 Å². The van der Waals surface area contributed by atoms with Crippen molar-refractivity contribution in [1.82, 2.24) is 25.0 Å². The van der Waals surface area contributed by atoms with E-state index in [0.29, 0.717) is 12.5 Å². The van der Waals surface area contributed by atoms with E-state index in [-0.39, 0.29) is 0 Å². The van der Waals surface area contributed by atoms with Gasteiger partial charge in [-0.25, -0.2) is 9.97 Å². The van der Waals surface area contributed by atoms with Gasteiger partial charge < -0.3 is 5.73 Å². The maximum atomic E-state index is 5.49. The smallest absolute Gasteiger partial charge is 0.252 e. The molecule has 0 amide bonds. The number of hydrogen-bond donors (Lipinski definition) is 1. The molecule has 3 aromatic rings. The summed E-state index contributed by atoms with van der Waals surface area (Å²) in [5.41, 5.74) is 8.08. The molecule has 0 bridgehead atoms. The van der Waals surface area contributed by atoms with E-state index < -0.39 is 0 Å². The highest BCUT2D eigenvalue weighted by Crippen LogP contribution is 2.12. The third kappa shape index (κ3) is 1.64. The first kappa shape index (κ1) is 9.86. The van der Waals surface area contributed by atoms with Gasteiger partial charge in [0.25, 0.3) is 5.95 Å². The van der Waals surface area contributed by atoms with E-state index in [4.69, 9.17) is 5.73 Å². The number of para-hydroxylation sites is 1. The van der Waals surface area contributed by atoms with Crippen molar-refractivity contribution in [2.75, 3.05) is 0 Å². The van der Waals surface area contributed by atoms with Crippen molar-refractivity contribution in [3.63, 3.8) is 0 Å². The first-order chi connectivity index (χ1) is 8.38. The Morgan fingerprint density at radius 1 is 1.12 bits per heavy atom. The van der Waals surface area contributed by atoms with Crippen molar-refractivity contribution < 1.29 is 0 Å². The summed E-state index contributed by atoms with van der Waals surface area (Å²) in [5, 5.41) is 8.08. The number of hydrogen-bond acceptors (Lipinski definition) is 5. The molecule has 84 valence electrons. The van der Waals surface area contributed by atoms with Crippen LogP contribution in [0.5, 0.6) is 0 Å². The second-order valence-corrected chi connectivity index (χ2v) is 3.59. The zero-order chi connectivity index (χ0) is 11.7. The lowest BCUT2D eigenvalue weighted by Crippen LogP contribution is -2.05. The van der Waals surface area contributed by atoms with Gasteiger partial charge in [0.15, 0.2) is 0 Å². The van der Waals surface area contributed by atoms with Crippen molar-refractivity contribution in [2.24, 2.45) is 5.73 Å². The molecule has 0 atom stereocenters. The van der Waals surface area contributed by atoms with E-state index >= 15 is 0 Å². The van der Waals surface area contributed by atoms with Crippen molar-refractivity contribution in [1.29, 1.82) is 0 Å². The van der Waals surface area contributed by atoms with Gasteiger partial charge in [0, 0.05) is 24.5 Å². The highest BCUT2D eigenvalue weighted by Gasteiger charge is 2.07. The maximum absolute atomic E-state index is 5.49. The van der Waals surface area contributed by atoms with Gasteiger partial charge in [0.2, 0.25) is 0 Å². The Hall–Kier alpha value is -2.34. The van der Waals surface area contributed by atoms with Crippen LogP contribution >= 0.6 is 0 Å². The normalized spacial score (nSPS) is 10.9. The standard InChI is InChI=1S/C11H10N6/c12-5-8-6-13-11(14-7-8)17-10-4-2-1-3-9(10)15-16-17/h1-4,6-7H,5,12H2. The minimum atomic E-state index is 0.429. The second-order valence-electron chi connectivity index (χ2n) is 3.59. The van der Waals surface area contributed by atoms with Gasteiger partial charge >= 0.3 is 0 Å². The molecule has 0 unspecified atom stereocenters. The van der Waals surface area contributed by atoms with Gasteiger partial charge in [-0.15, -0.1) is 5.10 Å². The van der Waals surface area contributed by atoms with Crippen LogP contribution in [0.2, 0.25) is 0 Å². The molecule has 1 aromatic carbocycles. The quantitative estimate of drug-likeness (QED) is 0.694. The van der Waals surface area contributed by atoms with Crippen LogP contribution in [0.3, 0.4) is 0 Å². The fourth-order valence-corrected chi connectivity index (χ4v) is 1.58. The van der Waals surface area contributed by atoms with E-state index in [2.05, 4.69) is 20.3 Å². The van der Waals surface area contributed by atoms with Crippen LogP contribution in [0.4, 0.5) is 0 Å². The van der Waals surface area contributed by atoms with Crippen LogP contribution in [-0.2, 0) is 6.54 Å². The zero-order valence-corrected chi connectivity index (χ0v) is 8.98. The fraction of sp³-hybridized carbons (Fsp3) is 0.0909. The topological polar surface area (TPSA) is 82.5 Å². The molecule has 0 radical (unpaired) electrons. The van der Waals surface area contributed by atoms with Crippen molar-refractivity contribution in [3.8, 4) is 5.95 Å². The lowest BCUT2D eigenvalue weighted by atomic mass is 10.3. The summed E-state index contributed by atoms with van der Waals surface area (Å²) in [6.07, 6.45) is 3.39. The molecule has 17 heavy (non-hydrogen) atoms. The monoisotopic (exact) mass is 226 g/mol. The highest BCUT2D eigenvalue weighted by atomic mass is 15.5. The molecule has 0 fully saturated rings. The predicted octanol–water partition coefficient (Wildman–Crippen LogP) is 0.669. The van der Waals surface area contributed by atoms with Crippen molar-refractivity contribution >= 4 is 11.0 Å². The molecule has 3 rings (SSSR count). The minimum absolute atomic E-state index is 0.429. The number of nitrogens with zero attached hydrogens (tertiary/aromatic N) is 5. The summed E-state index contributed by atoms with van der Waals surface area (Å²) in [4.78, 5) is 8.42. The van der Waals surface area contributed by atoms with E-state index in [9.17, 15) is 0 Å². The zero-order valence-electron chi connectivity index (χ0n) is 8.98. The molecule has 6 heteroatoms. The summed E-state index contributed by atoms with van der Waals surface area (Å²) < 4.78 is 1.61. The van der Waals surface area contributed by atoms with E-state index in [1.54, 1.807) is 17.1 Å². The van der Waals surface area contributed by atoms with Crippen LogP contribution in [0.25, 0.3) is 17.0 Å². The van der Waals surface area contributed by atoms with Crippen LogP contribution in [0.1, 0.15) is 5.56 Å². The number of fused-ring (bicyclic) bond motifs is 1. The average molecular weight is 226 g/mol. The summed E-state index contributed by atoms with van der Waals surface area (Å²) >= 11 is 0. The summed E-state index contributed by atoms with van der Waals surface area (Å²) in [6, 6.07) is 7.67. The lowest BCUT2D eigenvalue weighted by molar-refractivity contribution is 0.769. The van der Waals surface area contributed by atoms with Crippen molar-refractivity contribution in [3.05, 3.63) is 42.2 Å². The molecule has 2 aromatic heterocycles. The van der Waals surface area contributed by atoms with Gasteiger partial charge in [-0.2, -0.15) is 4.68 Å². The van der Waals surface area contributed by atoms with Gasteiger partial charge in [-0.1, -0.05) is 17.3 Å². The molecule has 2 heterocycles. The van der Waals surface area contributed by atoms with Gasteiger partial charge in [0.05, 0.1) is 5.52 Å². The Kier molecular flexibility index (Phi) is 2.27. The first-order valence-electron chi connectivity index (χ1n) is 5.20.